The third-order valence-corrected chi connectivity index (χ3v) is 3.88. The van der Waals surface area contributed by atoms with Crippen LogP contribution in [0.5, 0.6) is 0 Å². The predicted molar refractivity (Wildman–Crippen MR) is 93.3 cm³/mol. The van der Waals surface area contributed by atoms with Gasteiger partial charge in [-0.05, 0) is 71.2 Å². The van der Waals surface area contributed by atoms with Crippen LogP contribution in [-0.4, -0.2) is 22.8 Å². The van der Waals surface area contributed by atoms with E-state index in [1.54, 1.807) is 19.9 Å². The maximum atomic E-state index is 12.1. The third-order valence-electron chi connectivity index (χ3n) is 2.43. The molecule has 8 heteroatoms. The van der Waals surface area contributed by atoms with E-state index < -0.39 is 16.7 Å². The Morgan fingerprint density at radius 3 is 2.43 bits per heavy atom. The van der Waals surface area contributed by atoms with Crippen LogP contribution in [0.3, 0.4) is 0 Å². The highest BCUT2D eigenvalue weighted by Gasteiger charge is 2.25. The molecule has 0 aromatic heterocycles. The second-order valence-corrected chi connectivity index (χ2v) is 6.91. The van der Waals surface area contributed by atoms with Gasteiger partial charge >= 0.3 is 5.97 Å². The zero-order valence-electron chi connectivity index (χ0n) is 11.4. The van der Waals surface area contributed by atoms with E-state index in [9.17, 15) is 19.7 Å². The number of nitro groups is 1. The van der Waals surface area contributed by atoms with Gasteiger partial charge in [0, 0.05) is 9.99 Å². The van der Waals surface area contributed by atoms with E-state index in [4.69, 9.17) is 4.74 Å². The normalized spacial score (nSPS) is 10.5. The molecule has 0 aliphatic rings. The smallest absolute Gasteiger partial charge is 0.306 e. The highest BCUT2D eigenvalue weighted by atomic mass is 127. The van der Waals surface area contributed by atoms with Crippen LogP contribution in [0.15, 0.2) is 12.1 Å². The molecule has 0 saturated heterocycles. The minimum atomic E-state index is -0.572. The molecule has 0 atom stereocenters. The molecule has 0 amide bonds. The summed E-state index contributed by atoms with van der Waals surface area (Å²) in [5, 5.41) is 11.1. The lowest BCUT2D eigenvalue weighted by Gasteiger charge is -2.08. The second kappa shape index (κ2) is 8.01. The molecule has 6 nitrogen and oxygen atoms in total. The van der Waals surface area contributed by atoms with Crippen molar-refractivity contribution >= 4 is 62.6 Å². The Bertz CT molecular complexity index is 586. The van der Waals surface area contributed by atoms with Crippen LogP contribution in [0.4, 0.5) is 5.69 Å². The molecule has 0 fully saturated rings. The van der Waals surface area contributed by atoms with Gasteiger partial charge in [-0.1, -0.05) is 0 Å². The number of nitro benzene ring substituents is 1. The van der Waals surface area contributed by atoms with Crippen LogP contribution < -0.4 is 0 Å². The number of hydrogen-bond donors (Lipinski definition) is 0. The van der Waals surface area contributed by atoms with E-state index in [0.29, 0.717) is 3.57 Å². The van der Waals surface area contributed by atoms with Gasteiger partial charge in [-0.25, -0.2) is 0 Å². The number of Topliss-reactive ketones (excluding diaryl/α,β-unsaturated/α-hetero) is 1. The van der Waals surface area contributed by atoms with Crippen molar-refractivity contribution in [1.29, 1.82) is 0 Å². The Morgan fingerprint density at radius 2 is 1.90 bits per heavy atom. The fourth-order valence-electron chi connectivity index (χ4n) is 1.64. The Labute approximate surface area is 149 Å². The summed E-state index contributed by atoms with van der Waals surface area (Å²) in [6.07, 6.45) is -0.445. The maximum absolute atomic E-state index is 12.1. The molecule has 0 bridgehead atoms. The number of ketones is 1. The molecule has 1 aromatic carbocycles. The average molecular weight is 517 g/mol. The van der Waals surface area contributed by atoms with Gasteiger partial charge in [0.2, 0.25) is 0 Å². The van der Waals surface area contributed by atoms with Crippen molar-refractivity contribution in [3.8, 4) is 0 Å². The summed E-state index contributed by atoms with van der Waals surface area (Å²) in [4.78, 5) is 34.1. The van der Waals surface area contributed by atoms with Gasteiger partial charge in [-0.3, -0.25) is 19.7 Å². The standard InChI is InChI=1S/C13H13I2NO5/c1-7(2)21-12(18)4-3-11(17)9-5-8(14)6-10(15)13(9)16(19)20/h5-7H,3-4H2,1-2H3. The molecule has 0 aliphatic carbocycles. The summed E-state index contributed by atoms with van der Waals surface area (Å²) in [6, 6.07) is 3.10. The van der Waals surface area contributed by atoms with Gasteiger partial charge in [-0.2, -0.15) is 0 Å². The number of esters is 1. The molecule has 21 heavy (non-hydrogen) atoms. The zero-order chi connectivity index (χ0) is 16.2. The molecule has 0 spiro atoms. The number of halogens is 2. The summed E-state index contributed by atoms with van der Waals surface area (Å²) < 4.78 is 6.07. The van der Waals surface area contributed by atoms with Crippen molar-refractivity contribution in [3.05, 3.63) is 35.0 Å². The van der Waals surface area contributed by atoms with Crippen LogP contribution in [0, 0.1) is 17.3 Å². The van der Waals surface area contributed by atoms with Crippen molar-refractivity contribution < 1.29 is 19.2 Å². The molecule has 114 valence electrons. The van der Waals surface area contributed by atoms with Crippen molar-refractivity contribution in [2.75, 3.05) is 0 Å². The first-order valence-electron chi connectivity index (χ1n) is 6.08. The molecule has 0 N–H and O–H groups in total. The van der Waals surface area contributed by atoms with E-state index in [1.165, 1.54) is 6.07 Å². The highest BCUT2D eigenvalue weighted by Crippen LogP contribution is 2.29. The van der Waals surface area contributed by atoms with E-state index in [1.807, 2.05) is 45.2 Å². The number of hydrogen-bond acceptors (Lipinski definition) is 5. The fourth-order valence-corrected chi connectivity index (χ4v) is 3.68. The average Bonchev–Trinajstić information content (AvgIpc) is 2.33. The van der Waals surface area contributed by atoms with E-state index in [2.05, 4.69) is 0 Å². The molecule has 0 saturated carbocycles. The van der Waals surface area contributed by atoms with Crippen molar-refractivity contribution in [2.24, 2.45) is 0 Å². The topological polar surface area (TPSA) is 86.5 Å². The number of carbonyl (C=O) groups excluding carboxylic acids is 2. The van der Waals surface area contributed by atoms with Crippen LogP contribution in [0.1, 0.15) is 37.0 Å². The first-order valence-corrected chi connectivity index (χ1v) is 8.24. The lowest BCUT2D eigenvalue weighted by Crippen LogP contribution is -2.14. The molecule has 0 aliphatic heterocycles. The molecular formula is C13H13I2NO5. The molecule has 0 heterocycles. The summed E-state index contributed by atoms with van der Waals surface area (Å²) in [5.74, 6) is -0.917. The lowest BCUT2D eigenvalue weighted by atomic mass is 10.0. The second-order valence-electron chi connectivity index (χ2n) is 4.50. The minimum Gasteiger partial charge on any atom is -0.463 e. The molecule has 1 rings (SSSR count). The van der Waals surface area contributed by atoms with Crippen molar-refractivity contribution in [3.63, 3.8) is 0 Å². The Hall–Kier alpha value is -0.780. The minimum absolute atomic E-state index is 0.0358. The van der Waals surface area contributed by atoms with Gasteiger partial charge in [0.15, 0.2) is 5.78 Å². The van der Waals surface area contributed by atoms with Crippen LogP contribution >= 0.6 is 45.2 Å². The van der Waals surface area contributed by atoms with Crippen LogP contribution in [0.2, 0.25) is 0 Å². The Balaban J connectivity index is 2.92. The van der Waals surface area contributed by atoms with E-state index in [0.717, 1.165) is 3.57 Å². The monoisotopic (exact) mass is 517 g/mol. The number of benzene rings is 1. The SMILES string of the molecule is CC(C)OC(=O)CCC(=O)c1cc(I)cc(I)c1[N+](=O)[O-]. The predicted octanol–water partition coefficient (Wildman–Crippen LogP) is 3.72. The Morgan fingerprint density at radius 1 is 1.29 bits per heavy atom. The largest absolute Gasteiger partial charge is 0.463 e. The number of carbonyl (C=O) groups is 2. The van der Waals surface area contributed by atoms with Crippen LogP contribution in [-0.2, 0) is 9.53 Å². The lowest BCUT2D eigenvalue weighted by molar-refractivity contribution is -0.386. The summed E-state index contributed by atoms with van der Waals surface area (Å²) in [5.41, 5.74) is -0.174. The number of nitrogens with zero attached hydrogens (tertiary/aromatic N) is 1. The van der Waals surface area contributed by atoms with Crippen molar-refractivity contribution in [2.45, 2.75) is 32.8 Å². The van der Waals surface area contributed by atoms with Gasteiger partial charge < -0.3 is 4.74 Å². The van der Waals surface area contributed by atoms with E-state index in [-0.39, 0.29) is 30.2 Å². The first-order chi connectivity index (χ1) is 9.72. The van der Waals surface area contributed by atoms with Crippen molar-refractivity contribution in [1.82, 2.24) is 0 Å². The molecule has 0 unspecified atom stereocenters. The third kappa shape index (κ3) is 5.49. The summed E-state index contributed by atoms with van der Waals surface area (Å²) in [7, 11) is 0. The highest BCUT2D eigenvalue weighted by molar-refractivity contribution is 14.1. The maximum Gasteiger partial charge on any atom is 0.306 e. The summed E-state index contributed by atoms with van der Waals surface area (Å²) >= 11 is 3.82. The molecule has 0 radical (unpaired) electrons. The Kier molecular flexibility index (Phi) is 6.97. The van der Waals surface area contributed by atoms with Gasteiger partial charge in [-0.15, -0.1) is 0 Å². The zero-order valence-corrected chi connectivity index (χ0v) is 15.7. The number of ether oxygens (including phenoxy) is 1. The molecular weight excluding hydrogens is 504 g/mol. The van der Waals surface area contributed by atoms with E-state index >= 15 is 0 Å². The fraction of sp³-hybridized carbons (Fsp3) is 0.385. The van der Waals surface area contributed by atoms with Gasteiger partial charge in [0.25, 0.3) is 5.69 Å². The van der Waals surface area contributed by atoms with Gasteiger partial charge in [0.05, 0.1) is 26.6 Å². The summed E-state index contributed by atoms with van der Waals surface area (Å²) in [6.45, 7) is 3.43. The van der Waals surface area contributed by atoms with Crippen LogP contribution in [0.25, 0.3) is 0 Å². The molecule has 1 aromatic rings. The number of rotatable bonds is 6. The first kappa shape index (κ1) is 18.3. The van der Waals surface area contributed by atoms with Gasteiger partial charge in [0.1, 0.15) is 0 Å². The quantitative estimate of drug-likeness (QED) is 0.189.